The van der Waals surface area contributed by atoms with E-state index in [0.29, 0.717) is 11.2 Å². The molecule has 3 heterocycles. The Morgan fingerprint density at radius 1 is 1.47 bits per heavy atom. The molecule has 1 saturated heterocycles. The van der Waals surface area contributed by atoms with Crippen LogP contribution in [-0.4, -0.2) is 39.7 Å². The van der Waals surface area contributed by atoms with Crippen LogP contribution in [0.5, 0.6) is 0 Å². The highest BCUT2D eigenvalue weighted by atomic mass is 19.3. The molecule has 19 heavy (non-hydrogen) atoms. The van der Waals surface area contributed by atoms with E-state index in [0.717, 1.165) is 0 Å². The van der Waals surface area contributed by atoms with Gasteiger partial charge in [0.2, 0.25) is 0 Å². The standard InChI is InChI=1S/C12H11F2N3O2/c13-12(14)2-4-16(7-12)8-1-3-17-10(5-8)9(6-15-17)11(18)19/h1,3,5-6H,2,4,7H2,(H,18,19). The van der Waals surface area contributed by atoms with Crippen LogP contribution in [0.4, 0.5) is 14.5 Å². The normalized spacial score (nSPS) is 18.1. The Kier molecular flexibility index (Phi) is 2.44. The van der Waals surface area contributed by atoms with E-state index in [1.54, 1.807) is 23.2 Å². The number of hydrogen-bond acceptors (Lipinski definition) is 3. The Labute approximate surface area is 107 Å². The molecule has 0 spiro atoms. The predicted octanol–water partition coefficient (Wildman–Crippen LogP) is 1.88. The van der Waals surface area contributed by atoms with Gasteiger partial charge in [-0.05, 0) is 12.1 Å². The second-order valence-electron chi connectivity index (χ2n) is 4.61. The first kappa shape index (κ1) is 11.9. The van der Waals surface area contributed by atoms with Gasteiger partial charge in [-0.2, -0.15) is 5.10 Å². The molecule has 0 radical (unpaired) electrons. The van der Waals surface area contributed by atoms with E-state index in [9.17, 15) is 13.6 Å². The third-order valence-corrected chi connectivity index (χ3v) is 3.27. The first-order valence-corrected chi connectivity index (χ1v) is 5.80. The average Bonchev–Trinajstić information content (AvgIpc) is 2.91. The van der Waals surface area contributed by atoms with Crippen molar-refractivity contribution < 1.29 is 18.7 Å². The number of halogens is 2. The fraction of sp³-hybridized carbons (Fsp3) is 0.333. The number of nitrogens with zero attached hydrogens (tertiary/aromatic N) is 3. The van der Waals surface area contributed by atoms with Crippen molar-refractivity contribution in [3.05, 3.63) is 30.1 Å². The maximum atomic E-state index is 13.2. The number of carbonyl (C=O) groups is 1. The maximum absolute atomic E-state index is 13.2. The van der Waals surface area contributed by atoms with Crippen LogP contribution < -0.4 is 4.90 Å². The van der Waals surface area contributed by atoms with Gasteiger partial charge in [0.05, 0.1) is 18.3 Å². The molecule has 7 heteroatoms. The van der Waals surface area contributed by atoms with Crippen molar-refractivity contribution in [2.75, 3.05) is 18.0 Å². The number of fused-ring (bicyclic) bond motifs is 1. The third kappa shape index (κ3) is 2.00. The summed E-state index contributed by atoms with van der Waals surface area (Å²) >= 11 is 0. The zero-order chi connectivity index (χ0) is 13.6. The van der Waals surface area contributed by atoms with E-state index < -0.39 is 11.9 Å². The van der Waals surface area contributed by atoms with Crippen molar-refractivity contribution in [2.24, 2.45) is 0 Å². The second kappa shape index (κ2) is 3.91. The third-order valence-electron chi connectivity index (χ3n) is 3.27. The highest BCUT2D eigenvalue weighted by Crippen LogP contribution is 2.31. The van der Waals surface area contributed by atoms with Gasteiger partial charge < -0.3 is 10.0 Å². The minimum absolute atomic E-state index is 0.0628. The van der Waals surface area contributed by atoms with Crippen molar-refractivity contribution in [2.45, 2.75) is 12.3 Å². The minimum atomic E-state index is -2.68. The lowest BCUT2D eigenvalue weighted by atomic mass is 10.2. The number of alkyl halides is 2. The van der Waals surface area contributed by atoms with Gasteiger partial charge in [0.25, 0.3) is 5.92 Å². The molecular weight excluding hydrogens is 256 g/mol. The van der Waals surface area contributed by atoms with E-state index in [4.69, 9.17) is 5.11 Å². The summed E-state index contributed by atoms with van der Waals surface area (Å²) in [4.78, 5) is 12.6. The van der Waals surface area contributed by atoms with Crippen LogP contribution in [0, 0.1) is 0 Å². The molecule has 0 aliphatic carbocycles. The highest BCUT2D eigenvalue weighted by molar-refractivity contribution is 5.95. The summed E-state index contributed by atoms with van der Waals surface area (Å²) in [6.07, 6.45) is 2.65. The molecular formula is C12H11F2N3O2. The quantitative estimate of drug-likeness (QED) is 0.902. The van der Waals surface area contributed by atoms with Crippen molar-refractivity contribution in [3.8, 4) is 0 Å². The van der Waals surface area contributed by atoms with Gasteiger partial charge in [0, 0.05) is 24.8 Å². The molecule has 0 aromatic carbocycles. The van der Waals surface area contributed by atoms with Crippen LogP contribution in [-0.2, 0) is 0 Å². The largest absolute Gasteiger partial charge is 0.478 e. The molecule has 1 fully saturated rings. The number of pyridine rings is 1. The lowest BCUT2D eigenvalue weighted by Gasteiger charge is -2.18. The summed E-state index contributed by atoms with van der Waals surface area (Å²) in [6, 6.07) is 3.24. The number of anilines is 1. The monoisotopic (exact) mass is 267 g/mol. The molecule has 5 nitrogen and oxygen atoms in total. The first-order valence-electron chi connectivity index (χ1n) is 5.80. The van der Waals surface area contributed by atoms with Gasteiger partial charge in [-0.25, -0.2) is 18.1 Å². The molecule has 1 aliphatic rings. The molecule has 0 unspecified atom stereocenters. The SMILES string of the molecule is O=C(O)c1cnn2ccc(N3CCC(F)(F)C3)cc12. The summed E-state index contributed by atoms with van der Waals surface area (Å²) in [5, 5.41) is 12.9. The number of carboxylic acid groups (broad SMARTS) is 1. The van der Waals surface area contributed by atoms with Crippen LogP contribution >= 0.6 is 0 Å². The van der Waals surface area contributed by atoms with Gasteiger partial charge in [-0.3, -0.25) is 0 Å². The Morgan fingerprint density at radius 2 is 2.26 bits per heavy atom. The lowest BCUT2D eigenvalue weighted by Crippen LogP contribution is -2.24. The van der Waals surface area contributed by atoms with Crippen LogP contribution in [0.15, 0.2) is 24.5 Å². The number of hydrogen-bond donors (Lipinski definition) is 1. The molecule has 1 N–H and O–H groups in total. The summed E-state index contributed by atoms with van der Waals surface area (Å²) < 4.78 is 27.8. The van der Waals surface area contributed by atoms with Crippen LogP contribution in [0.3, 0.4) is 0 Å². The average molecular weight is 267 g/mol. The number of carboxylic acids is 1. The minimum Gasteiger partial charge on any atom is -0.478 e. The molecule has 2 aromatic rings. The lowest BCUT2D eigenvalue weighted by molar-refractivity contribution is 0.0257. The van der Waals surface area contributed by atoms with Crippen LogP contribution in [0.25, 0.3) is 5.52 Å². The molecule has 1 aliphatic heterocycles. The zero-order valence-electron chi connectivity index (χ0n) is 9.88. The van der Waals surface area contributed by atoms with E-state index >= 15 is 0 Å². The van der Waals surface area contributed by atoms with E-state index in [1.165, 1.54) is 10.7 Å². The molecule has 0 atom stereocenters. The number of aromatic carboxylic acids is 1. The van der Waals surface area contributed by atoms with Crippen LogP contribution in [0.1, 0.15) is 16.8 Å². The predicted molar refractivity (Wildman–Crippen MR) is 63.9 cm³/mol. The van der Waals surface area contributed by atoms with Crippen LogP contribution in [0.2, 0.25) is 0 Å². The van der Waals surface area contributed by atoms with Gasteiger partial charge in [-0.15, -0.1) is 0 Å². The highest BCUT2D eigenvalue weighted by Gasteiger charge is 2.38. The van der Waals surface area contributed by atoms with Gasteiger partial charge >= 0.3 is 5.97 Å². The summed E-state index contributed by atoms with van der Waals surface area (Å²) in [5.74, 6) is -3.76. The maximum Gasteiger partial charge on any atom is 0.339 e. The Hall–Kier alpha value is -2.18. The molecule has 100 valence electrons. The van der Waals surface area contributed by atoms with E-state index in [-0.39, 0.29) is 25.1 Å². The van der Waals surface area contributed by atoms with Gasteiger partial charge in [-0.1, -0.05) is 0 Å². The number of rotatable bonds is 2. The zero-order valence-corrected chi connectivity index (χ0v) is 9.88. The fourth-order valence-electron chi connectivity index (χ4n) is 2.29. The number of aromatic nitrogens is 2. The van der Waals surface area contributed by atoms with E-state index in [1.807, 2.05) is 0 Å². The summed E-state index contributed by atoms with van der Waals surface area (Å²) in [6.45, 7) is -0.0700. The second-order valence-corrected chi connectivity index (χ2v) is 4.61. The topological polar surface area (TPSA) is 57.8 Å². The Balaban J connectivity index is 2.01. The van der Waals surface area contributed by atoms with Crippen molar-refractivity contribution in [1.82, 2.24) is 9.61 Å². The Morgan fingerprint density at radius 3 is 2.89 bits per heavy atom. The molecule has 0 saturated carbocycles. The summed E-state index contributed by atoms with van der Waals surface area (Å²) in [5.41, 5.74) is 1.06. The van der Waals surface area contributed by atoms with Crippen molar-refractivity contribution >= 4 is 17.2 Å². The molecule has 2 aromatic heterocycles. The fourth-order valence-corrected chi connectivity index (χ4v) is 2.29. The molecule has 0 bridgehead atoms. The first-order chi connectivity index (χ1) is 8.96. The van der Waals surface area contributed by atoms with Crippen molar-refractivity contribution in [3.63, 3.8) is 0 Å². The summed E-state index contributed by atoms with van der Waals surface area (Å²) in [7, 11) is 0. The molecule has 3 rings (SSSR count). The Bertz CT molecular complexity index is 653. The smallest absolute Gasteiger partial charge is 0.339 e. The molecule has 0 amide bonds. The van der Waals surface area contributed by atoms with Gasteiger partial charge in [0.1, 0.15) is 5.56 Å². The van der Waals surface area contributed by atoms with Crippen molar-refractivity contribution in [1.29, 1.82) is 0 Å². The van der Waals surface area contributed by atoms with Gasteiger partial charge in [0.15, 0.2) is 0 Å². The van der Waals surface area contributed by atoms with E-state index in [2.05, 4.69) is 5.10 Å².